The Balaban J connectivity index is 1.97. The number of hydrogen-bond acceptors (Lipinski definition) is 5. The molecule has 1 aromatic carbocycles. The summed E-state index contributed by atoms with van der Waals surface area (Å²) in [5.41, 5.74) is 0.750. The molecular formula is C13H11N3O5. The molecule has 1 heterocycles. The summed E-state index contributed by atoms with van der Waals surface area (Å²) in [7, 11) is 0. The Hall–Kier alpha value is -3.16. The predicted octanol–water partition coefficient (Wildman–Crippen LogP) is 0.741. The van der Waals surface area contributed by atoms with Gasteiger partial charge in [0.1, 0.15) is 6.54 Å². The number of nitrogens with one attached hydrogen (secondary N) is 2. The molecule has 8 heteroatoms. The van der Waals surface area contributed by atoms with Crippen molar-refractivity contribution in [3.05, 3.63) is 47.9 Å². The first-order valence-electron chi connectivity index (χ1n) is 5.88. The van der Waals surface area contributed by atoms with Crippen molar-refractivity contribution in [2.24, 2.45) is 0 Å². The van der Waals surface area contributed by atoms with Crippen LogP contribution < -0.4 is 10.6 Å². The van der Waals surface area contributed by atoms with Crippen molar-refractivity contribution >= 4 is 23.5 Å². The average molecular weight is 289 g/mol. The molecule has 0 radical (unpaired) electrons. The molecule has 3 N–H and O–H groups in total. The van der Waals surface area contributed by atoms with E-state index in [1.54, 1.807) is 0 Å². The Morgan fingerprint density at radius 3 is 2.38 bits per heavy atom. The van der Waals surface area contributed by atoms with Gasteiger partial charge in [-0.3, -0.25) is 14.4 Å². The fourth-order valence-corrected chi connectivity index (χ4v) is 1.49. The Morgan fingerprint density at radius 2 is 1.81 bits per heavy atom. The Labute approximate surface area is 118 Å². The maximum absolute atomic E-state index is 11.7. The number of amides is 2. The molecule has 0 saturated heterocycles. The lowest BCUT2D eigenvalue weighted by molar-refractivity contribution is -0.135. The highest BCUT2D eigenvalue weighted by molar-refractivity contribution is 6.02. The summed E-state index contributed by atoms with van der Waals surface area (Å²) in [4.78, 5) is 33.6. The minimum atomic E-state index is -1.13. The van der Waals surface area contributed by atoms with Gasteiger partial charge >= 0.3 is 5.97 Å². The number of aromatic nitrogens is 1. The monoisotopic (exact) mass is 289 g/mol. The van der Waals surface area contributed by atoms with Gasteiger partial charge in [0.25, 0.3) is 11.8 Å². The van der Waals surface area contributed by atoms with Crippen LogP contribution in [0.4, 0.5) is 5.69 Å². The van der Waals surface area contributed by atoms with E-state index in [1.165, 1.54) is 36.5 Å². The van der Waals surface area contributed by atoms with Gasteiger partial charge in [-0.2, -0.15) is 0 Å². The molecule has 0 aliphatic carbocycles. The van der Waals surface area contributed by atoms with Crippen LogP contribution in [0.1, 0.15) is 20.9 Å². The lowest BCUT2D eigenvalue weighted by Crippen LogP contribution is -2.29. The first kappa shape index (κ1) is 14.3. The van der Waals surface area contributed by atoms with E-state index < -0.39 is 24.3 Å². The third kappa shape index (κ3) is 3.90. The number of nitrogens with zero attached hydrogens (tertiary/aromatic N) is 1. The van der Waals surface area contributed by atoms with Gasteiger partial charge in [-0.05, 0) is 24.3 Å². The first-order valence-corrected chi connectivity index (χ1v) is 5.88. The molecule has 0 fully saturated rings. The number of aliphatic carboxylic acids is 1. The molecule has 8 nitrogen and oxygen atoms in total. The molecule has 2 aromatic rings. The molecule has 108 valence electrons. The van der Waals surface area contributed by atoms with E-state index >= 15 is 0 Å². The second kappa shape index (κ2) is 6.33. The van der Waals surface area contributed by atoms with Crippen LogP contribution in [-0.2, 0) is 4.79 Å². The van der Waals surface area contributed by atoms with Crippen LogP contribution in [0.3, 0.4) is 0 Å². The van der Waals surface area contributed by atoms with Gasteiger partial charge in [-0.25, -0.2) is 0 Å². The van der Waals surface area contributed by atoms with Crippen LogP contribution in [0.15, 0.2) is 41.1 Å². The topological polar surface area (TPSA) is 122 Å². The summed E-state index contributed by atoms with van der Waals surface area (Å²) in [5.74, 6) is -2.03. The number of rotatable bonds is 5. The number of carboxylic acids is 1. The van der Waals surface area contributed by atoms with Gasteiger partial charge in [0.05, 0.1) is 6.20 Å². The highest BCUT2D eigenvalue weighted by atomic mass is 16.5. The SMILES string of the molecule is O=C(O)CNC(=O)c1ccc(NC(=O)c2ccno2)cc1. The van der Waals surface area contributed by atoms with Gasteiger partial charge in [-0.15, -0.1) is 0 Å². The average Bonchev–Trinajstić information content (AvgIpc) is 3.00. The molecule has 0 unspecified atom stereocenters. The van der Waals surface area contributed by atoms with Crippen LogP contribution in [-0.4, -0.2) is 34.6 Å². The van der Waals surface area contributed by atoms with Crippen LogP contribution in [0.25, 0.3) is 0 Å². The number of carbonyl (C=O) groups excluding carboxylic acids is 2. The molecule has 2 rings (SSSR count). The van der Waals surface area contributed by atoms with Crippen LogP contribution >= 0.6 is 0 Å². The van der Waals surface area contributed by atoms with E-state index in [9.17, 15) is 14.4 Å². The van der Waals surface area contributed by atoms with E-state index in [0.717, 1.165) is 0 Å². The zero-order valence-electron chi connectivity index (χ0n) is 10.7. The van der Waals surface area contributed by atoms with Crippen molar-refractivity contribution in [1.82, 2.24) is 10.5 Å². The summed E-state index contributed by atoms with van der Waals surface area (Å²) < 4.78 is 4.70. The molecule has 0 saturated carbocycles. The van der Waals surface area contributed by atoms with Crippen molar-refractivity contribution in [3.8, 4) is 0 Å². The standard InChI is InChI=1S/C13H11N3O5/c17-11(18)7-14-12(19)8-1-3-9(4-2-8)16-13(20)10-5-6-15-21-10/h1-6H,7H2,(H,14,19)(H,16,20)(H,17,18). The number of carboxylic acid groups (broad SMARTS) is 1. The lowest BCUT2D eigenvalue weighted by Gasteiger charge is -2.05. The van der Waals surface area contributed by atoms with Crippen molar-refractivity contribution in [2.75, 3.05) is 11.9 Å². The van der Waals surface area contributed by atoms with Gasteiger partial charge in [0.2, 0.25) is 5.76 Å². The highest BCUT2D eigenvalue weighted by Gasteiger charge is 2.11. The molecular weight excluding hydrogens is 278 g/mol. The second-order valence-electron chi connectivity index (χ2n) is 3.98. The molecule has 0 atom stereocenters. The zero-order chi connectivity index (χ0) is 15.2. The molecule has 2 amide bonds. The lowest BCUT2D eigenvalue weighted by atomic mass is 10.2. The van der Waals surface area contributed by atoms with Crippen molar-refractivity contribution in [2.45, 2.75) is 0 Å². The summed E-state index contributed by atoms with van der Waals surface area (Å²) in [6.07, 6.45) is 1.35. The van der Waals surface area contributed by atoms with Crippen LogP contribution in [0, 0.1) is 0 Å². The van der Waals surface area contributed by atoms with Crippen LogP contribution in [0.5, 0.6) is 0 Å². The molecule has 0 spiro atoms. The smallest absolute Gasteiger partial charge is 0.322 e. The predicted molar refractivity (Wildman–Crippen MR) is 70.9 cm³/mol. The molecule has 0 aliphatic heterocycles. The summed E-state index contributed by atoms with van der Waals surface area (Å²) >= 11 is 0. The Kier molecular flexibility index (Phi) is 4.30. The van der Waals surface area contributed by atoms with E-state index in [-0.39, 0.29) is 11.3 Å². The summed E-state index contributed by atoms with van der Waals surface area (Å²) in [6.45, 7) is -0.456. The molecule has 0 bridgehead atoms. The van der Waals surface area contributed by atoms with E-state index in [2.05, 4.69) is 15.8 Å². The van der Waals surface area contributed by atoms with Crippen molar-refractivity contribution in [3.63, 3.8) is 0 Å². The van der Waals surface area contributed by atoms with Gasteiger partial charge in [0, 0.05) is 17.3 Å². The maximum atomic E-state index is 11.7. The zero-order valence-corrected chi connectivity index (χ0v) is 10.7. The van der Waals surface area contributed by atoms with E-state index in [4.69, 9.17) is 9.63 Å². The number of anilines is 1. The minimum Gasteiger partial charge on any atom is -0.480 e. The number of carbonyl (C=O) groups is 3. The van der Waals surface area contributed by atoms with Crippen molar-refractivity contribution < 1.29 is 24.0 Å². The van der Waals surface area contributed by atoms with E-state index in [1.807, 2.05) is 0 Å². The van der Waals surface area contributed by atoms with Gasteiger partial charge in [0.15, 0.2) is 0 Å². The third-order valence-corrected chi connectivity index (χ3v) is 2.47. The van der Waals surface area contributed by atoms with Gasteiger partial charge < -0.3 is 20.3 Å². The van der Waals surface area contributed by atoms with Crippen LogP contribution in [0.2, 0.25) is 0 Å². The van der Waals surface area contributed by atoms with Gasteiger partial charge in [-0.1, -0.05) is 5.16 Å². The largest absolute Gasteiger partial charge is 0.480 e. The summed E-state index contributed by atoms with van der Waals surface area (Å²) in [6, 6.07) is 7.39. The third-order valence-electron chi connectivity index (χ3n) is 2.47. The maximum Gasteiger partial charge on any atom is 0.322 e. The molecule has 21 heavy (non-hydrogen) atoms. The molecule has 0 aliphatic rings. The number of benzene rings is 1. The van der Waals surface area contributed by atoms with E-state index in [0.29, 0.717) is 5.69 Å². The summed E-state index contributed by atoms with van der Waals surface area (Å²) in [5, 5.41) is 16.7. The fourth-order valence-electron chi connectivity index (χ4n) is 1.49. The first-order chi connectivity index (χ1) is 10.1. The highest BCUT2D eigenvalue weighted by Crippen LogP contribution is 2.11. The Bertz CT molecular complexity index is 649. The molecule has 1 aromatic heterocycles. The second-order valence-corrected chi connectivity index (χ2v) is 3.98. The van der Waals surface area contributed by atoms with Crippen molar-refractivity contribution in [1.29, 1.82) is 0 Å². The number of hydrogen-bond donors (Lipinski definition) is 3. The fraction of sp³-hybridized carbons (Fsp3) is 0.0769. The quantitative estimate of drug-likeness (QED) is 0.746. The Morgan fingerprint density at radius 1 is 1.10 bits per heavy atom. The minimum absolute atomic E-state index is 0.0678. The normalized spacial score (nSPS) is 9.90.